The van der Waals surface area contributed by atoms with Crippen LogP contribution in [0.1, 0.15) is 0 Å². The lowest BCUT2D eigenvalue weighted by atomic mass is 10.2. The van der Waals surface area contributed by atoms with Gasteiger partial charge in [-0.2, -0.15) is 0 Å². The monoisotopic (exact) mass is 357 g/mol. The lowest BCUT2D eigenvalue weighted by Crippen LogP contribution is -2.14. The van der Waals surface area contributed by atoms with Crippen molar-refractivity contribution >= 4 is 23.4 Å². The van der Waals surface area contributed by atoms with Crippen LogP contribution in [0.15, 0.2) is 58.2 Å². The highest BCUT2D eigenvalue weighted by Gasteiger charge is 2.12. The van der Waals surface area contributed by atoms with Gasteiger partial charge in [-0.1, -0.05) is 23.9 Å². The number of carbonyl (C=O) groups excluding carboxylic acids is 1. The van der Waals surface area contributed by atoms with Crippen LogP contribution in [0.2, 0.25) is 0 Å². The van der Waals surface area contributed by atoms with Crippen molar-refractivity contribution in [3.8, 4) is 23.0 Å². The summed E-state index contributed by atoms with van der Waals surface area (Å²) in [5.41, 5.74) is 1.29. The SMILES string of the molecule is COc1ccccc1NC(=O)CSc1nnc(-c2ccc(O)cc2)o1. The van der Waals surface area contributed by atoms with Gasteiger partial charge in [-0.05, 0) is 36.4 Å². The van der Waals surface area contributed by atoms with E-state index in [0.29, 0.717) is 28.1 Å². The number of phenols is 1. The molecule has 7 nitrogen and oxygen atoms in total. The highest BCUT2D eigenvalue weighted by Crippen LogP contribution is 2.26. The van der Waals surface area contributed by atoms with Crippen LogP contribution in [0.5, 0.6) is 11.5 Å². The van der Waals surface area contributed by atoms with Crippen LogP contribution >= 0.6 is 11.8 Å². The molecule has 2 N–H and O–H groups in total. The smallest absolute Gasteiger partial charge is 0.277 e. The van der Waals surface area contributed by atoms with E-state index in [1.54, 1.807) is 31.4 Å². The molecule has 0 spiro atoms. The number of hydrogen-bond donors (Lipinski definition) is 2. The van der Waals surface area contributed by atoms with Gasteiger partial charge in [-0.15, -0.1) is 10.2 Å². The highest BCUT2D eigenvalue weighted by atomic mass is 32.2. The Bertz CT molecular complexity index is 864. The number of anilines is 1. The number of para-hydroxylation sites is 2. The van der Waals surface area contributed by atoms with Crippen LogP contribution in [0, 0.1) is 0 Å². The van der Waals surface area contributed by atoms with E-state index in [4.69, 9.17) is 9.15 Å². The zero-order valence-electron chi connectivity index (χ0n) is 13.3. The number of methoxy groups -OCH3 is 1. The van der Waals surface area contributed by atoms with E-state index in [2.05, 4.69) is 15.5 Å². The molecule has 1 aromatic heterocycles. The normalized spacial score (nSPS) is 10.4. The molecule has 128 valence electrons. The first-order valence-corrected chi connectivity index (χ1v) is 8.33. The number of amides is 1. The predicted molar refractivity (Wildman–Crippen MR) is 93.7 cm³/mol. The maximum atomic E-state index is 12.1. The van der Waals surface area contributed by atoms with E-state index in [0.717, 1.165) is 11.8 Å². The number of thioether (sulfide) groups is 1. The Hall–Kier alpha value is -3.00. The number of rotatable bonds is 6. The molecule has 0 saturated heterocycles. The fourth-order valence-corrected chi connectivity index (χ4v) is 2.61. The summed E-state index contributed by atoms with van der Waals surface area (Å²) in [6, 6.07) is 13.6. The van der Waals surface area contributed by atoms with Crippen molar-refractivity contribution in [3.63, 3.8) is 0 Å². The minimum absolute atomic E-state index is 0.120. The van der Waals surface area contributed by atoms with E-state index >= 15 is 0 Å². The molecule has 8 heteroatoms. The summed E-state index contributed by atoms with van der Waals surface area (Å²) in [5.74, 6) is 0.987. The predicted octanol–water partition coefficient (Wildman–Crippen LogP) is 3.18. The molecule has 0 radical (unpaired) electrons. The molecule has 2 aromatic carbocycles. The van der Waals surface area contributed by atoms with Gasteiger partial charge in [0.15, 0.2) is 0 Å². The number of phenolic OH excluding ortho intramolecular Hbond substituents is 1. The number of nitrogens with one attached hydrogen (secondary N) is 1. The fraction of sp³-hybridized carbons (Fsp3) is 0.118. The van der Waals surface area contributed by atoms with Crippen molar-refractivity contribution in [2.75, 3.05) is 18.2 Å². The summed E-state index contributed by atoms with van der Waals surface area (Å²) in [6.07, 6.45) is 0. The third kappa shape index (κ3) is 4.30. The molecular weight excluding hydrogens is 342 g/mol. The van der Waals surface area contributed by atoms with Crippen LogP contribution in [-0.4, -0.2) is 34.1 Å². The average Bonchev–Trinajstić information content (AvgIpc) is 3.10. The molecule has 3 aromatic rings. The first kappa shape index (κ1) is 16.8. The van der Waals surface area contributed by atoms with E-state index in [-0.39, 0.29) is 17.4 Å². The molecule has 0 fully saturated rings. The molecule has 3 rings (SSSR count). The van der Waals surface area contributed by atoms with Gasteiger partial charge in [0.05, 0.1) is 18.6 Å². The maximum Gasteiger partial charge on any atom is 0.277 e. The zero-order valence-corrected chi connectivity index (χ0v) is 14.1. The molecule has 0 unspecified atom stereocenters. The van der Waals surface area contributed by atoms with Crippen molar-refractivity contribution in [2.45, 2.75) is 5.22 Å². The van der Waals surface area contributed by atoms with E-state index in [1.807, 2.05) is 12.1 Å². The summed E-state index contributed by atoms with van der Waals surface area (Å²) < 4.78 is 10.7. The standard InChI is InChI=1S/C17H15N3O4S/c1-23-14-5-3-2-4-13(14)18-15(22)10-25-17-20-19-16(24-17)11-6-8-12(21)9-7-11/h2-9,21H,10H2,1H3,(H,18,22). The summed E-state index contributed by atoms with van der Waals surface area (Å²) in [5, 5.41) is 20.2. The fourth-order valence-electron chi connectivity index (χ4n) is 2.05. The van der Waals surface area contributed by atoms with Crippen molar-refractivity contribution in [2.24, 2.45) is 0 Å². The first-order valence-electron chi connectivity index (χ1n) is 7.34. The number of benzene rings is 2. The Kier molecular flexibility index (Phi) is 5.20. The third-order valence-electron chi connectivity index (χ3n) is 3.23. The first-order chi connectivity index (χ1) is 12.2. The van der Waals surface area contributed by atoms with Gasteiger partial charge in [0, 0.05) is 5.56 Å². The molecule has 0 aliphatic heterocycles. The topological polar surface area (TPSA) is 97.5 Å². The molecule has 25 heavy (non-hydrogen) atoms. The number of aromatic nitrogens is 2. The van der Waals surface area contributed by atoms with Gasteiger partial charge >= 0.3 is 0 Å². The van der Waals surface area contributed by atoms with Crippen LogP contribution in [0.4, 0.5) is 5.69 Å². The van der Waals surface area contributed by atoms with Gasteiger partial charge in [-0.3, -0.25) is 4.79 Å². The van der Waals surface area contributed by atoms with Gasteiger partial charge < -0.3 is 19.6 Å². The molecular formula is C17H15N3O4S. The number of carbonyl (C=O) groups is 1. The Morgan fingerprint density at radius 1 is 1.20 bits per heavy atom. The Balaban J connectivity index is 1.58. The van der Waals surface area contributed by atoms with Crippen LogP contribution in [-0.2, 0) is 4.79 Å². The molecule has 0 aliphatic rings. The van der Waals surface area contributed by atoms with Gasteiger partial charge in [0.25, 0.3) is 5.22 Å². The lowest BCUT2D eigenvalue weighted by molar-refractivity contribution is -0.113. The minimum Gasteiger partial charge on any atom is -0.508 e. The second kappa shape index (κ2) is 7.71. The van der Waals surface area contributed by atoms with Crippen molar-refractivity contribution in [1.29, 1.82) is 0 Å². The largest absolute Gasteiger partial charge is 0.508 e. The second-order valence-electron chi connectivity index (χ2n) is 4.96. The highest BCUT2D eigenvalue weighted by molar-refractivity contribution is 7.99. The van der Waals surface area contributed by atoms with E-state index in [1.165, 1.54) is 12.1 Å². The number of nitrogens with zero attached hydrogens (tertiary/aromatic N) is 2. The van der Waals surface area contributed by atoms with Crippen molar-refractivity contribution in [3.05, 3.63) is 48.5 Å². The molecule has 0 saturated carbocycles. The minimum atomic E-state index is -0.209. The number of aromatic hydroxyl groups is 1. The van der Waals surface area contributed by atoms with Crippen molar-refractivity contribution < 1.29 is 19.1 Å². The summed E-state index contributed by atoms with van der Waals surface area (Å²) in [4.78, 5) is 12.1. The van der Waals surface area contributed by atoms with E-state index in [9.17, 15) is 9.90 Å². The summed E-state index contributed by atoms with van der Waals surface area (Å²) in [7, 11) is 1.54. The van der Waals surface area contributed by atoms with Crippen LogP contribution < -0.4 is 10.1 Å². The van der Waals surface area contributed by atoms with Gasteiger partial charge in [0.1, 0.15) is 11.5 Å². The van der Waals surface area contributed by atoms with Crippen LogP contribution in [0.3, 0.4) is 0 Å². The quantitative estimate of drug-likeness (QED) is 0.654. The zero-order chi connectivity index (χ0) is 17.6. The molecule has 0 bridgehead atoms. The Labute approximate surface area is 148 Å². The Morgan fingerprint density at radius 3 is 2.72 bits per heavy atom. The molecule has 0 aliphatic carbocycles. The molecule has 0 atom stereocenters. The molecule has 1 amide bonds. The summed E-state index contributed by atoms with van der Waals surface area (Å²) in [6.45, 7) is 0. The van der Waals surface area contributed by atoms with Crippen LogP contribution in [0.25, 0.3) is 11.5 Å². The Morgan fingerprint density at radius 2 is 1.96 bits per heavy atom. The second-order valence-corrected chi connectivity index (χ2v) is 5.88. The maximum absolute atomic E-state index is 12.1. The van der Waals surface area contributed by atoms with Gasteiger partial charge in [0.2, 0.25) is 11.8 Å². The van der Waals surface area contributed by atoms with E-state index < -0.39 is 0 Å². The third-order valence-corrected chi connectivity index (χ3v) is 4.05. The van der Waals surface area contributed by atoms with Crippen molar-refractivity contribution in [1.82, 2.24) is 10.2 Å². The number of ether oxygens (including phenoxy) is 1. The number of hydrogen-bond acceptors (Lipinski definition) is 7. The lowest BCUT2D eigenvalue weighted by Gasteiger charge is -2.08. The van der Waals surface area contributed by atoms with Gasteiger partial charge in [-0.25, -0.2) is 0 Å². The average molecular weight is 357 g/mol. The molecule has 1 heterocycles. The summed E-state index contributed by atoms with van der Waals surface area (Å²) >= 11 is 1.14.